The number of carbonyl (C=O) groups excluding carboxylic acids is 3. The van der Waals surface area contributed by atoms with Gasteiger partial charge in [0.15, 0.2) is 6.10 Å². The molecule has 0 aliphatic rings. The molecule has 8 heteroatoms. The minimum absolute atomic E-state index is 0.0277. The van der Waals surface area contributed by atoms with Crippen LogP contribution in [0.4, 0.5) is 0 Å². The van der Waals surface area contributed by atoms with Crippen molar-refractivity contribution in [3.05, 3.63) is 60.8 Å². The molecule has 0 saturated carbocycles. The second-order valence-electron chi connectivity index (χ2n) is 16.7. The number of nitrogens with zero attached hydrogens (tertiary/aromatic N) is 1. The van der Waals surface area contributed by atoms with E-state index in [1.807, 2.05) is 6.08 Å². The molecule has 2 atom stereocenters. The summed E-state index contributed by atoms with van der Waals surface area (Å²) in [5.74, 6) is -1.78. The Labute approximate surface area is 356 Å². The summed E-state index contributed by atoms with van der Waals surface area (Å²) in [5, 5.41) is 11.6. The van der Waals surface area contributed by atoms with Crippen LogP contribution in [0.2, 0.25) is 0 Å². The van der Waals surface area contributed by atoms with E-state index in [0.29, 0.717) is 12.8 Å². The van der Waals surface area contributed by atoms with Gasteiger partial charge in [-0.1, -0.05) is 164 Å². The number of likely N-dealkylation sites (N-methyl/N-ethyl adjacent to an activating group) is 1. The molecular weight excluding hydrogens is 727 g/mol. The summed E-state index contributed by atoms with van der Waals surface area (Å²) in [6.07, 6.45) is 49.5. The summed E-state index contributed by atoms with van der Waals surface area (Å²) in [6, 6.07) is -0.733. The van der Waals surface area contributed by atoms with Crippen molar-refractivity contribution in [2.45, 2.75) is 199 Å². The van der Waals surface area contributed by atoms with Gasteiger partial charge < -0.3 is 28.6 Å². The highest BCUT2D eigenvalue weighted by molar-refractivity contribution is 5.70. The Bertz CT molecular complexity index is 1130. The van der Waals surface area contributed by atoms with E-state index in [4.69, 9.17) is 14.2 Å². The molecule has 0 fully saturated rings. The van der Waals surface area contributed by atoms with Crippen LogP contribution in [0.25, 0.3) is 0 Å². The first-order chi connectivity index (χ1) is 28.1. The van der Waals surface area contributed by atoms with Crippen molar-refractivity contribution < 1.29 is 38.2 Å². The van der Waals surface area contributed by atoms with E-state index in [1.54, 1.807) is 21.1 Å². The van der Waals surface area contributed by atoms with Gasteiger partial charge in [-0.15, -0.1) is 0 Å². The highest BCUT2D eigenvalue weighted by Gasteiger charge is 2.25. The molecule has 334 valence electrons. The number of unbranched alkanes of at least 4 members (excludes halogenated alkanes) is 20. The number of esters is 2. The standard InChI is InChI=1S/C50H87NO7/c1-6-8-10-12-14-16-18-20-22-24-25-27-28-30-32-34-36-38-40-48(52)57-45-46(44-56-43-42-47(50(54)55)51(3,4)5)58-49(53)41-39-37-35-33-31-29-26-23-21-19-17-15-13-11-9-7-2/h14,16,18,20,22-27,46-47H,6-13,15,17,19,21,28-45H2,1-5H3/b16-14+,20-18+,24-22+,26-23+,27-25+. The predicted molar refractivity (Wildman–Crippen MR) is 240 cm³/mol. The van der Waals surface area contributed by atoms with Gasteiger partial charge in [-0.25, -0.2) is 0 Å². The highest BCUT2D eigenvalue weighted by Crippen LogP contribution is 2.13. The van der Waals surface area contributed by atoms with Crippen LogP contribution in [0.3, 0.4) is 0 Å². The third kappa shape index (κ3) is 38.5. The number of allylic oxidation sites excluding steroid dienone is 10. The SMILES string of the molecule is CCCCC/C=C/C=C/C=C/C=C/CCCCCCCC(=O)OCC(COCCC(C(=O)[O-])[N+](C)(C)C)OC(=O)CCCCCCC/C=C/CCCCCCCCC. The molecule has 0 aromatic heterocycles. The van der Waals surface area contributed by atoms with Crippen molar-refractivity contribution in [1.29, 1.82) is 0 Å². The van der Waals surface area contributed by atoms with Crippen molar-refractivity contribution in [2.24, 2.45) is 0 Å². The fraction of sp³-hybridized carbons (Fsp3) is 0.740. The van der Waals surface area contributed by atoms with Crippen molar-refractivity contribution in [2.75, 3.05) is 41.0 Å². The minimum atomic E-state index is -1.13. The van der Waals surface area contributed by atoms with Gasteiger partial charge >= 0.3 is 11.9 Å². The molecule has 0 spiro atoms. The number of carbonyl (C=O) groups is 3. The Morgan fingerprint density at radius 1 is 0.517 bits per heavy atom. The number of hydrogen-bond acceptors (Lipinski definition) is 7. The van der Waals surface area contributed by atoms with Gasteiger partial charge in [-0.3, -0.25) is 9.59 Å². The molecule has 0 saturated heterocycles. The first kappa shape index (κ1) is 55.0. The van der Waals surface area contributed by atoms with Crippen LogP contribution in [-0.2, 0) is 28.6 Å². The minimum Gasteiger partial charge on any atom is -0.544 e. The maximum atomic E-state index is 12.7. The van der Waals surface area contributed by atoms with Crippen LogP contribution in [0.5, 0.6) is 0 Å². The maximum absolute atomic E-state index is 12.7. The zero-order valence-electron chi connectivity index (χ0n) is 37.9. The number of quaternary nitrogens is 1. The first-order valence-corrected chi connectivity index (χ1v) is 23.4. The average molecular weight is 814 g/mol. The fourth-order valence-corrected chi connectivity index (χ4v) is 6.55. The van der Waals surface area contributed by atoms with Crippen LogP contribution in [0.15, 0.2) is 60.8 Å². The Morgan fingerprint density at radius 3 is 1.43 bits per heavy atom. The molecule has 2 unspecified atom stereocenters. The van der Waals surface area contributed by atoms with Crippen molar-refractivity contribution in [3.63, 3.8) is 0 Å². The number of carboxylic acid groups (broad SMARTS) is 1. The van der Waals surface area contributed by atoms with E-state index in [0.717, 1.165) is 77.0 Å². The predicted octanol–water partition coefficient (Wildman–Crippen LogP) is 11.6. The van der Waals surface area contributed by atoms with Gasteiger partial charge in [-0.05, 0) is 64.2 Å². The Hall–Kier alpha value is -2.97. The zero-order valence-corrected chi connectivity index (χ0v) is 37.9. The quantitative estimate of drug-likeness (QED) is 0.0199. The van der Waals surface area contributed by atoms with Gasteiger partial charge in [0.25, 0.3) is 0 Å². The second kappa shape index (κ2) is 40.8. The molecule has 0 amide bonds. The lowest BCUT2D eigenvalue weighted by Gasteiger charge is -2.34. The summed E-state index contributed by atoms with van der Waals surface area (Å²) < 4.78 is 17.2. The van der Waals surface area contributed by atoms with Gasteiger partial charge in [-0.2, -0.15) is 0 Å². The summed E-state index contributed by atoms with van der Waals surface area (Å²) in [6.45, 7) is 4.59. The molecular formula is C50H87NO7. The van der Waals surface area contributed by atoms with E-state index in [9.17, 15) is 19.5 Å². The van der Waals surface area contributed by atoms with E-state index in [2.05, 4.69) is 68.5 Å². The van der Waals surface area contributed by atoms with E-state index in [1.165, 1.54) is 77.0 Å². The summed E-state index contributed by atoms with van der Waals surface area (Å²) >= 11 is 0. The second-order valence-corrected chi connectivity index (χ2v) is 16.7. The molecule has 0 aromatic rings. The summed E-state index contributed by atoms with van der Waals surface area (Å²) in [5.41, 5.74) is 0. The lowest BCUT2D eigenvalue weighted by Crippen LogP contribution is -2.55. The molecule has 0 N–H and O–H groups in total. The van der Waals surface area contributed by atoms with Gasteiger partial charge in [0, 0.05) is 19.3 Å². The molecule has 0 rings (SSSR count). The van der Waals surface area contributed by atoms with E-state index in [-0.39, 0.29) is 42.7 Å². The van der Waals surface area contributed by atoms with Crippen LogP contribution in [0, 0.1) is 0 Å². The normalized spacial score (nSPS) is 13.5. The van der Waals surface area contributed by atoms with Crippen LogP contribution in [-0.4, -0.2) is 75.5 Å². The highest BCUT2D eigenvalue weighted by atomic mass is 16.6. The molecule has 0 aliphatic heterocycles. The van der Waals surface area contributed by atoms with Crippen molar-refractivity contribution in [1.82, 2.24) is 0 Å². The van der Waals surface area contributed by atoms with Crippen molar-refractivity contribution in [3.8, 4) is 0 Å². The Kier molecular flexibility index (Phi) is 38.7. The number of aliphatic carboxylic acids is 1. The smallest absolute Gasteiger partial charge is 0.306 e. The number of hydrogen-bond donors (Lipinski definition) is 0. The number of carboxylic acids is 1. The lowest BCUT2D eigenvalue weighted by atomic mass is 10.1. The zero-order chi connectivity index (χ0) is 42.8. The molecule has 0 aliphatic carbocycles. The molecule has 0 radical (unpaired) electrons. The summed E-state index contributed by atoms with van der Waals surface area (Å²) in [4.78, 5) is 36.9. The Morgan fingerprint density at radius 2 is 0.931 bits per heavy atom. The number of ether oxygens (including phenoxy) is 3. The monoisotopic (exact) mass is 814 g/mol. The Balaban J connectivity index is 4.39. The van der Waals surface area contributed by atoms with Crippen molar-refractivity contribution >= 4 is 17.9 Å². The first-order valence-electron chi connectivity index (χ1n) is 23.4. The summed E-state index contributed by atoms with van der Waals surface area (Å²) in [7, 11) is 5.39. The maximum Gasteiger partial charge on any atom is 0.306 e. The third-order valence-electron chi connectivity index (χ3n) is 10.2. The third-order valence-corrected chi connectivity index (χ3v) is 10.2. The van der Waals surface area contributed by atoms with Gasteiger partial charge in [0.1, 0.15) is 12.6 Å². The molecule has 0 bridgehead atoms. The van der Waals surface area contributed by atoms with Crippen LogP contribution >= 0.6 is 0 Å². The molecule has 0 heterocycles. The van der Waals surface area contributed by atoms with Gasteiger partial charge in [0.2, 0.25) is 0 Å². The lowest BCUT2D eigenvalue weighted by molar-refractivity contribution is -0.889. The topological polar surface area (TPSA) is 102 Å². The van der Waals surface area contributed by atoms with Crippen LogP contribution in [0.1, 0.15) is 187 Å². The van der Waals surface area contributed by atoms with E-state index < -0.39 is 18.1 Å². The molecule has 8 nitrogen and oxygen atoms in total. The largest absolute Gasteiger partial charge is 0.544 e. The van der Waals surface area contributed by atoms with Gasteiger partial charge in [0.05, 0.1) is 40.3 Å². The number of rotatable bonds is 41. The van der Waals surface area contributed by atoms with Crippen LogP contribution < -0.4 is 5.11 Å². The fourth-order valence-electron chi connectivity index (χ4n) is 6.55. The molecule has 58 heavy (non-hydrogen) atoms. The average Bonchev–Trinajstić information content (AvgIpc) is 3.18. The van der Waals surface area contributed by atoms with E-state index >= 15 is 0 Å². The molecule has 0 aromatic carbocycles.